The molecule has 0 bridgehead atoms. The van der Waals surface area contributed by atoms with Crippen LogP contribution in [0.15, 0.2) is 18.2 Å². The number of benzene rings is 1. The van der Waals surface area contributed by atoms with Gasteiger partial charge in [-0.2, -0.15) is 0 Å². The number of nitrogens with one attached hydrogen (secondary N) is 1. The lowest BCUT2D eigenvalue weighted by Crippen LogP contribution is -2.24. The number of anilines is 1. The molecule has 1 rings (SSSR count). The summed E-state index contributed by atoms with van der Waals surface area (Å²) in [6, 6.07) is 4.68. The van der Waals surface area contributed by atoms with Crippen LogP contribution in [0.25, 0.3) is 0 Å². The highest BCUT2D eigenvalue weighted by Gasteiger charge is 2.09. The number of nitro groups is 1. The van der Waals surface area contributed by atoms with Crippen molar-refractivity contribution in [2.24, 2.45) is 0 Å². The quantitative estimate of drug-likeness (QED) is 0.659. The molecule has 0 amide bonds. The summed E-state index contributed by atoms with van der Waals surface area (Å²) >= 11 is 11.6. The van der Waals surface area contributed by atoms with Crippen molar-refractivity contribution in [1.29, 1.82) is 0 Å². The van der Waals surface area contributed by atoms with Crippen LogP contribution in [0, 0.1) is 10.1 Å². The second kappa shape index (κ2) is 5.19. The summed E-state index contributed by atoms with van der Waals surface area (Å²) in [5.41, 5.74) is 0.682. The Labute approximate surface area is 97.3 Å². The highest BCUT2D eigenvalue weighted by atomic mass is 35.5. The van der Waals surface area contributed by atoms with Gasteiger partial charge in [-0.1, -0.05) is 23.2 Å². The third-order valence-corrected chi connectivity index (χ3v) is 2.13. The van der Waals surface area contributed by atoms with Crippen LogP contribution in [0.4, 0.5) is 5.69 Å². The van der Waals surface area contributed by atoms with Gasteiger partial charge in [-0.25, -0.2) is 0 Å². The molecule has 0 aliphatic heterocycles. The molecule has 1 unspecified atom stereocenters. The van der Waals surface area contributed by atoms with Crippen molar-refractivity contribution < 1.29 is 4.92 Å². The Kier molecular flexibility index (Phi) is 4.17. The molecule has 1 aromatic carbocycles. The van der Waals surface area contributed by atoms with E-state index in [1.165, 1.54) is 0 Å². The summed E-state index contributed by atoms with van der Waals surface area (Å²) in [4.78, 5) is 9.88. The van der Waals surface area contributed by atoms with E-state index < -0.39 is 0 Å². The van der Waals surface area contributed by atoms with E-state index in [9.17, 15) is 10.1 Å². The molecule has 0 aliphatic rings. The van der Waals surface area contributed by atoms with Gasteiger partial charge < -0.3 is 5.32 Å². The van der Waals surface area contributed by atoms with Crippen molar-refractivity contribution in [2.45, 2.75) is 13.0 Å². The van der Waals surface area contributed by atoms with E-state index in [4.69, 9.17) is 23.2 Å². The smallest absolute Gasteiger partial charge is 0.223 e. The Balaban J connectivity index is 2.67. The predicted molar refractivity (Wildman–Crippen MR) is 61.4 cm³/mol. The number of hydrogen-bond acceptors (Lipinski definition) is 3. The highest BCUT2D eigenvalue weighted by Crippen LogP contribution is 2.22. The van der Waals surface area contributed by atoms with Crippen molar-refractivity contribution in [1.82, 2.24) is 0 Å². The van der Waals surface area contributed by atoms with Gasteiger partial charge in [0.25, 0.3) is 0 Å². The summed E-state index contributed by atoms with van der Waals surface area (Å²) in [5.74, 6) is 0. The molecule has 0 spiro atoms. The fraction of sp³-hybridized carbons (Fsp3) is 0.333. The average Bonchev–Trinajstić information content (AvgIpc) is 1.98. The monoisotopic (exact) mass is 248 g/mol. The second-order valence-corrected chi connectivity index (χ2v) is 4.09. The standard InChI is InChI=1S/C9H10Cl2N2O2/c1-6(5-13(14)15)12-9-3-7(10)2-8(11)4-9/h2-4,6,12H,5H2,1H3. The first-order valence-electron chi connectivity index (χ1n) is 4.32. The van der Waals surface area contributed by atoms with Crippen molar-refractivity contribution in [2.75, 3.05) is 11.9 Å². The maximum atomic E-state index is 10.2. The summed E-state index contributed by atoms with van der Waals surface area (Å²) in [6.07, 6.45) is 0. The fourth-order valence-electron chi connectivity index (χ4n) is 1.19. The summed E-state index contributed by atoms with van der Waals surface area (Å²) < 4.78 is 0. The lowest BCUT2D eigenvalue weighted by atomic mass is 10.2. The van der Waals surface area contributed by atoms with Gasteiger partial charge >= 0.3 is 0 Å². The first-order valence-corrected chi connectivity index (χ1v) is 5.07. The van der Waals surface area contributed by atoms with E-state index in [0.717, 1.165) is 0 Å². The predicted octanol–water partition coefficient (Wildman–Crippen LogP) is 3.07. The molecule has 0 heterocycles. The molecule has 82 valence electrons. The van der Waals surface area contributed by atoms with Gasteiger partial charge in [0.05, 0.1) is 6.04 Å². The third kappa shape index (κ3) is 4.36. The minimum atomic E-state index is -0.371. The molecule has 0 aromatic heterocycles. The van der Waals surface area contributed by atoms with E-state index >= 15 is 0 Å². The molecule has 0 fully saturated rings. The van der Waals surface area contributed by atoms with Crippen LogP contribution in [0.2, 0.25) is 10.0 Å². The van der Waals surface area contributed by atoms with Gasteiger partial charge in [-0.3, -0.25) is 10.1 Å². The maximum Gasteiger partial charge on any atom is 0.223 e. The van der Waals surface area contributed by atoms with Crippen LogP contribution >= 0.6 is 23.2 Å². The van der Waals surface area contributed by atoms with E-state index in [1.54, 1.807) is 25.1 Å². The number of hydrogen-bond donors (Lipinski definition) is 1. The zero-order valence-corrected chi connectivity index (χ0v) is 9.55. The van der Waals surface area contributed by atoms with Crippen molar-refractivity contribution in [3.8, 4) is 0 Å². The molecule has 4 nitrogen and oxygen atoms in total. The molecular formula is C9H10Cl2N2O2. The molecule has 0 saturated heterocycles. The Morgan fingerprint density at radius 1 is 1.40 bits per heavy atom. The largest absolute Gasteiger partial charge is 0.376 e. The van der Waals surface area contributed by atoms with Crippen molar-refractivity contribution in [3.05, 3.63) is 38.4 Å². The molecule has 1 aromatic rings. The van der Waals surface area contributed by atoms with Gasteiger partial charge in [0.2, 0.25) is 6.54 Å². The van der Waals surface area contributed by atoms with Crippen molar-refractivity contribution in [3.63, 3.8) is 0 Å². The van der Waals surface area contributed by atoms with Gasteiger partial charge in [0.1, 0.15) is 0 Å². The summed E-state index contributed by atoms with van der Waals surface area (Å²) in [5, 5.41) is 14.2. The fourth-order valence-corrected chi connectivity index (χ4v) is 1.72. The first-order chi connectivity index (χ1) is 6.97. The Bertz CT molecular complexity index is 351. The second-order valence-electron chi connectivity index (χ2n) is 3.22. The third-order valence-electron chi connectivity index (χ3n) is 1.70. The normalized spacial score (nSPS) is 12.2. The van der Waals surface area contributed by atoms with Crippen molar-refractivity contribution >= 4 is 28.9 Å². The Hall–Kier alpha value is -1.000. The van der Waals surface area contributed by atoms with Gasteiger partial charge in [0.15, 0.2) is 0 Å². The highest BCUT2D eigenvalue weighted by molar-refractivity contribution is 6.35. The number of rotatable bonds is 4. The van der Waals surface area contributed by atoms with E-state index in [1.807, 2.05) is 0 Å². The van der Waals surface area contributed by atoms with Crippen LogP contribution in [0.3, 0.4) is 0 Å². The molecule has 0 radical (unpaired) electrons. The maximum absolute atomic E-state index is 10.2. The van der Waals surface area contributed by atoms with Crippen LogP contribution in [-0.2, 0) is 0 Å². The molecular weight excluding hydrogens is 239 g/mol. The Morgan fingerprint density at radius 2 is 1.93 bits per heavy atom. The molecule has 0 saturated carbocycles. The molecule has 1 N–H and O–H groups in total. The zero-order chi connectivity index (χ0) is 11.4. The Morgan fingerprint density at radius 3 is 2.40 bits per heavy atom. The molecule has 6 heteroatoms. The van der Waals surface area contributed by atoms with E-state index in [-0.39, 0.29) is 17.5 Å². The SMILES string of the molecule is CC(C[N+](=O)[O-])Nc1cc(Cl)cc(Cl)c1. The summed E-state index contributed by atoms with van der Waals surface area (Å²) in [6.45, 7) is 1.57. The van der Waals surface area contributed by atoms with Gasteiger partial charge in [-0.15, -0.1) is 0 Å². The lowest BCUT2D eigenvalue weighted by Gasteiger charge is -2.11. The first kappa shape index (κ1) is 12.1. The molecule has 15 heavy (non-hydrogen) atoms. The van der Waals surface area contributed by atoms with Crippen LogP contribution < -0.4 is 5.32 Å². The summed E-state index contributed by atoms with van der Waals surface area (Å²) in [7, 11) is 0. The van der Waals surface area contributed by atoms with E-state index in [0.29, 0.717) is 15.7 Å². The van der Waals surface area contributed by atoms with Crippen LogP contribution in [0.1, 0.15) is 6.92 Å². The molecule has 1 atom stereocenters. The van der Waals surface area contributed by atoms with Gasteiger partial charge in [-0.05, 0) is 25.1 Å². The zero-order valence-electron chi connectivity index (χ0n) is 8.04. The average molecular weight is 249 g/mol. The number of nitrogens with zero attached hydrogens (tertiary/aromatic N) is 1. The lowest BCUT2D eigenvalue weighted by molar-refractivity contribution is -0.481. The minimum Gasteiger partial charge on any atom is -0.376 e. The molecule has 0 aliphatic carbocycles. The van der Waals surface area contributed by atoms with Gasteiger partial charge in [0, 0.05) is 20.7 Å². The van der Waals surface area contributed by atoms with Crippen LogP contribution in [-0.4, -0.2) is 17.5 Å². The topological polar surface area (TPSA) is 55.2 Å². The van der Waals surface area contributed by atoms with Crippen LogP contribution in [0.5, 0.6) is 0 Å². The minimum absolute atomic E-state index is 0.149. The number of halogens is 2. The van der Waals surface area contributed by atoms with E-state index in [2.05, 4.69) is 5.32 Å².